The van der Waals surface area contributed by atoms with Crippen LogP contribution in [0.25, 0.3) is 21.3 Å². The number of fused-ring (bicyclic) bond motifs is 1. The Kier molecular flexibility index (Phi) is 7.58. The Morgan fingerprint density at radius 3 is 2.64 bits per heavy atom. The average molecular weight is 550 g/mol. The number of nitrogens with zero attached hydrogens (tertiary/aromatic N) is 2. The maximum absolute atomic E-state index is 13.4. The zero-order chi connectivity index (χ0) is 26.0. The third-order valence-corrected chi connectivity index (χ3v) is 7.41. The first-order valence-electron chi connectivity index (χ1n) is 10.6. The predicted octanol–water partition coefficient (Wildman–Crippen LogP) is 7.02. The van der Waals surface area contributed by atoms with Crippen molar-refractivity contribution in [2.45, 2.75) is 24.8 Å². The number of allylic oxidation sites excluding steroid dienone is 1. The Labute approximate surface area is 217 Å². The van der Waals surface area contributed by atoms with Crippen LogP contribution in [0.3, 0.4) is 0 Å². The molecule has 36 heavy (non-hydrogen) atoms. The molecule has 5 nitrogen and oxygen atoms in total. The van der Waals surface area contributed by atoms with Gasteiger partial charge in [0.05, 0.1) is 27.4 Å². The molecule has 0 fully saturated rings. The minimum Gasteiger partial charge on any atom is -0.324 e. The Bertz CT molecular complexity index is 1510. The zero-order valence-electron chi connectivity index (χ0n) is 18.9. The smallest absolute Gasteiger partial charge is 0.324 e. The number of carbonyl (C=O) groups excluding carboxylic acids is 1. The molecule has 0 saturated carbocycles. The van der Waals surface area contributed by atoms with Gasteiger partial charge in [0.1, 0.15) is 4.83 Å². The highest BCUT2D eigenvalue weighted by atomic mass is 35.5. The van der Waals surface area contributed by atoms with Crippen molar-refractivity contribution in [3.63, 3.8) is 0 Å². The van der Waals surface area contributed by atoms with Gasteiger partial charge in [-0.2, -0.15) is 13.2 Å². The SMILES string of the molecule is C=CCn1c(SCC(=O)Nc2cc(C(F)(F)F)ccc2Cl)nc2scc(-c3ccc(C)cc3)c2c1=O. The maximum atomic E-state index is 13.4. The van der Waals surface area contributed by atoms with Crippen molar-refractivity contribution < 1.29 is 18.0 Å². The molecule has 4 rings (SSSR count). The topological polar surface area (TPSA) is 64.0 Å². The highest BCUT2D eigenvalue weighted by molar-refractivity contribution is 7.99. The quantitative estimate of drug-likeness (QED) is 0.153. The molecule has 1 amide bonds. The Morgan fingerprint density at radius 1 is 1.25 bits per heavy atom. The number of aromatic nitrogens is 2. The van der Waals surface area contributed by atoms with Gasteiger partial charge in [-0.25, -0.2) is 4.98 Å². The van der Waals surface area contributed by atoms with Crippen LogP contribution in [-0.4, -0.2) is 21.2 Å². The van der Waals surface area contributed by atoms with Crippen molar-refractivity contribution >= 4 is 56.5 Å². The number of nitrogens with one attached hydrogen (secondary N) is 1. The third kappa shape index (κ3) is 5.50. The van der Waals surface area contributed by atoms with Crippen LogP contribution in [0.15, 0.2) is 70.5 Å². The van der Waals surface area contributed by atoms with Gasteiger partial charge in [0, 0.05) is 17.5 Å². The van der Waals surface area contributed by atoms with E-state index in [1.165, 1.54) is 15.9 Å². The van der Waals surface area contributed by atoms with Crippen LogP contribution >= 0.6 is 34.7 Å². The summed E-state index contributed by atoms with van der Waals surface area (Å²) in [4.78, 5) is 31.1. The summed E-state index contributed by atoms with van der Waals surface area (Å²) in [7, 11) is 0. The summed E-state index contributed by atoms with van der Waals surface area (Å²) < 4.78 is 40.5. The van der Waals surface area contributed by atoms with E-state index < -0.39 is 17.6 Å². The van der Waals surface area contributed by atoms with E-state index in [1.807, 2.05) is 36.6 Å². The van der Waals surface area contributed by atoms with Crippen LogP contribution in [0.5, 0.6) is 0 Å². The second-order valence-corrected chi connectivity index (χ2v) is 10.0. The van der Waals surface area contributed by atoms with Gasteiger partial charge in [-0.05, 0) is 30.7 Å². The molecular formula is C25H19ClF3N3O2S2. The van der Waals surface area contributed by atoms with Crippen molar-refractivity contribution in [1.29, 1.82) is 0 Å². The Morgan fingerprint density at radius 2 is 1.97 bits per heavy atom. The number of amides is 1. The molecule has 186 valence electrons. The van der Waals surface area contributed by atoms with E-state index in [9.17, 15) is 22.8 Å². The lowest BCUT2D eigenvalue weighted by Crippen LogP contribution is -2.23. The molecule has 0 aliphatic heterocycles. The molecule has 2 heterocycles. The second kappa shape index (κ2) is 10.5. The highest BCUT2D eigenvalue weighted by Gasteiger charge is 2.31. The van der Waals surface area contributed by atoms with Crippen molar-refractivity contribution in [3.8, 4) is 11.1 Å². The lowest BCUT2D eigenvalue weighted by atomic mass is 10.1. The molecule has 0 saturated heterocycles. The number of hydrogen-bond acceptors (Lipinski definition) is 5. The van der Waals surface area contributed by atoms with Gasteiger partial charge in [0.15, 0.2) is 5.16 Å². The van der Waals surface area contributed by atoms with Crippen LogP contribution < -0.4 is 10.9 Å². The maximum Gasteiger partial charge on any atom is 0.416 e. The van der Waals surface area contributed by atoms with Crippen LogP contribution in [0.1, 0.15) is 11.1 Å². The fraction of sp³-hybridized carbons (Fsp3) is 0.160. The summed E-state index contributed by atoms with van der Waals surface area (Å²) in [6.07, 6.45) is -3.02. The minimum absolute atomic E-state index is 0.0216. The molecule has 2 aromatic carbocycles. The molecule has 1 N–H and O–H groups in total. The number of anilines is 1. The number of carbonyl (C=O) groups is 1. The first kappa shape index (κ1) is 26.0. The number of alkyl halides is 3. The Balaban J connectivity index is 1.61. The molecular weight excluding hydrogens is 531 g/mol. The van der Waals surface area contributed by atoms with Gasteiger partial charge < -0.3 is 5.32 Å². The molecule has 0 spiro atoms. The van der Waals surface area contributed by atoms with Gasteiger partial charge in [-0.1, -0.05) is 59.3 Å². The van der Waals surface area contributed by atoms with Gasteiger partial charge in [0.2, 0.25) is 5.91 Å². The highest BCUT2D eigenvalue weighted by Crippen LogP contribution is 2.35. The number of aryl methyl sites for hydroxylation is 1. The first-order valence-corrected chi connectivity index (χ1v) is 12.8. The summed E-state index contributed by atoms with van der Waals surface area (Å²) in [6, 6.07) is 10.5. The fourth-order valence-electron chi connectivity index (χ4n) is 3.47. The molecule has 0 radical (unpaired) electrons. The number of hydrogen-bond donors (Lipinski definition) is 1. The monoisotopic (exact) mass is 549 g/mol. The summed E-state index contributed by atoms with van der Waals surface area (Å²) in [6.45, 7) is 5.86. The van der Waals surface area contributed by atoms with E-state index in [-0.39, 0.29) is 28.6 Å². The number of rotatable bonds is 7. The number of benzene rings is 2. The first-order chi connectivity index (χ1) is 17.1. The Hall–Kier alpha value is -3.08. The minimum atomic E-state index is -4.57. The number of thioether (sulfide) groups is 1. The normalized spacial score (nSPS) is 11.6. The van der Waals surface area contributed by atoms with Gasteiger partial charge in [0.25, 0.3) is 5.56 Å². The standard InChI is InChI=1S/C25H19ClF3N3O2S2/c1-3-10-32-23(34)21-17(15-6-4-14(2)5-7-15)12-35-22(21)31-24(32)36-13-20(33)30-19-11-16(25(27,28)29)8-9-18(19)26/h3-9,11-12H,1,10,13H2,2H3,(H,30,33). The molecule has 0 aliphatic carbocycles. The number of thiophene rings is 1. The number of halogens is 4. The van der Waals surface area contributed by atoms with E-state index >= 15 is 0 Å². The third-order valence-electron chi connectivity index (χ3n) is 5.23. The van der Waals surface area contributed by atoms with Crippen molar-refractivity contribution in [3.05, 3.63) is 87.0 Å². The van der Waals surface area contributed by atoms with Gasteiger partial charge >= 0.3 is 6.18 Å². The molecule has 0 unspecified atom stereocenters. The molecule has 0 atom stereocenters. The van der Waals surface area contributed by atoms with Crippen molar-refractivity contribution in [2.75, 3.05) is 11.1 Å². The second-order valence-electron chi connectivity index (χ2n) is 7.82. The van der Waals surface area contributed by atoms with E-state index in [0.29, 0.717) is 15.4 Å². The van der Waals surface area contributed by atoms with E-state index in [4.69, 9.17) is 11.6 Å². The van der Waals surface area contributed by atoms with Crippen LogP contribution in [0.4, 0.5) is 18.9 Å². The van der Waals surface area contributed by atoms with E-state index in [0.717, 1.165) is 46.7 Å². The fourth-order valence-corrected chi connectivity index (χ4v) is 5.43. The molecule has 0 aliphatic rings. The summed E-state index contributed by atoms with van der Waals surface area (Å²) in [5.41, 5.74) is 1.44. The summed E-state index contributed by atoms with van der Waals surface area (Å²) in [5.74, 6) is -0.787. The summed E-state index contributed by atoms with van der Waals surface area (Å²) in [5, 5.41) is 5.04. The molecule has 11 heteroatoms. The van der Waals surface area contributed by atoms with Gasteiger partial charge in [-0.15, -0.1) is 17.9 Å². The molecule has 4 aromatic rings. The lowest BCUT2D eigenvalue weighted by Gasteiger charge is -2.13. The lowest BCUT2D eigenvalue weighted by molar-refractivity contribution is -0.137. The largest absolute Gasteiger partial charge is 0.416 e. The van der Waals surface area contributed by atoms with Crippen molar-refractivity contribution in [2.24, 2.45) is 0 Å². The van der Waals surface area contributed by atoms with Crippen LogP contribution in [0.2, 0.25) is 5.02 Å². The molecule has 2 aromatic heterocycles. The van der Waals surface area contributed by atoms with E-state index in [2.05, 4.69) is 16.9 Å². The van der Waals surface area contributed by atoms with Gasteiger partial charge in [-0.3, -0.25) is 14.2 Å². The van der Waals surface area contributed by atoms with Crippen LogP contribution in [0, 0.1) is 6.92 Å². The predicted molar refractivity (Wildman–Crippen MR) is 140 cm³/mol. The van der Waals surface area contributed by atoms with Crippen LogP contribution in [-0.2, 0) is 17.5 Å². The zero-order valence-corrected chi connectivity index (χ0v) is 21.2. The molecule has 0 bridgehead atoms. The average Bonchev–Trinajstić information content (AvgIpc) is 3.25. The summed E-state index contributed by atoms with van der Waals surface area (Å²) >= 11 is 8.29. The van der Waals surface area contributed by atoms with Crippen molar-refractivity contribution in [1.82, 2.24) is 9.55 Å². The van der Waals surface area contributed by atoms with E-state index in [1.54, 1.807) is 6.08 Å².